The van der Waals surface area contributed by atoms with Gasteiger partial charge in [-0.3, -0.25) is 0 Å². The highest BCUT2D eigenvalue weighted by atomic mass is 32.2. The van der Waals surface area contributed by atoms with Crippen LogP contribution in [-0.4, -0.2) is 14.2 Å². The molecule has 0 aromatic carbocycles. The van der Waals surface area contributed by atoms with E-state index in [1.54, 1.807) is 0 Å². The first-order chi connectivity index (χ1) is 5.62. The smallest absolute Gasteiger partial charge is 0.154 e. The third-order valence-corrected chi connectivity index (χ3v) is 3.39. The summed E-state index contributed by atoms with van der Waals surface area (Å²) in [5.74, 6) is 1.78. The van der Waals surface area contributed by atoms with Crippen molar-refractivity contribution in [2.45, 2.75) is 46.0 Å². The van der Waals surface area contributed by atoms with Crippen LogP contribution in [0.3, 0.4) is 0 Å². The normalized spacial score (nSPS) is 11.8. The van der Waals surface area contributed by atoms with Gasteiger partial charge < -0.3 is 0 Å². The molecular weight excluding hydrogens is 172 g/mol. The second-order valence-electron chi connectivity index (χ2n) is 3.03. The van der Waals surface area contributed by atoms with Crippen molar-refractivity contribution in [2.75, 3.05) is 5.75 Å². The van der Waals surface area contributed by atoms with Crippen LogP contribution in [0.2, 0.25) is 0 Å². The Hall–Kier alpha value is -0.0500. The van der Waals surface area contributed by atoms with E-state index in [1.165, 1.54) is 5.75 Å². The molecule has 0 heterocycles. The number of rotatable bonds is 7. The van der Waals surface area contributed by atoms with Crippen LogP contribution in [0.1, 0.15) is 46.0 Å². The topological polar surface area (TPSA) is 34.1 Å². The van der Waals surface area contributed by atoms with E-state index in [2.05, 4.69) is 6.92 Å². The third kappa shape index (κ3) is 6.65. The van der Waals surface area contributed by atoms with Crippen molar-refractivity contribution in [1.82, 2.24) is 0 Å². The van der Waals surface area contributed by atoms with Crippen molar-refractivity contribution >= 4 is 9.84 Å². The Balaban J connectivity index is 3.48. The lowest BCUT2D eigenvalue weighted by Gasteiger charge is -2.00. The van der Waals surface area contributed by atoms with Crippen LogP contribution < -0.4 is 0 Å². The van der Waals surface area contributed by atoms with E-state index < -0.39 is 9.84 Å². The molecule has 0 saturated heterocycles. The molecular formula is C9H19O2S. The minimum atomic E-state index is -2.84. The van der Waals surface area contributed by atoms with Gasteiger partial charge in [0, 0.05) is 0 Å². The second kappa shape index (κ2) is 6.46. The number of sulfone groups is 1. The Labute approximate surface area is 76.3 Å². The number of hydrogen-bond donors (Lipinski definition) is 0. The van der Waals surface area contributed by atoms with Gasteiger partial charge in [0.15, 0.2) is 9.84 Å². The predicted molar refractivity (Wildman–Crippen MR) is 52.5 cm³/mol. The van der Waals surface area contributed by atoms with Crippen LogP contribution in [0.4, 0.5) is 0 Å². The van der Waals surface area contributed by atoms with Gasteiger partial charge in [0.1, 0.15) is 0 Å². The van der Waals surface area contributed by atoms with Crippen molar-refractivity contribution in [1.29, 1.82) is 0 Å². The SMILES string of the molecule is CCCCC[CH]S(=O)(=O)CCC. The van der Waals surface area contributed by atoms with E-state index >= 15 is 0 Å². The van der Waals surface area contributed by atoms with Gasteiger partial charge in [-0.05, 0) is 12.8 Å². The van der Waals surface area contributed by atoms with Gasteiger partial charge in [-0.15, -0.1) is 0 Å². The van der Waals surface area contributed by atoms with E-state index in [0.717, 1.165) is 25.7 Å². The summed E-state index contributed by atoms with van der Waals surface area (Å²) in [5, 5.41) is 0. The van der Waals surface area contributed by atoms with E-state index in [1.807, 2.05) is 6.92 Å². The highest BCUT2D eigenvalue weighted by Crippen LogP contribution is 2.07. The van der Waals surface area contributed by atoms with E-state index in [9.17, 15) is 8.42 Å². The Morgan fingerprint density at radius 3 is 2.25 bits per heavy atom. The van der Waals surface area contributed by atoms with Crippen LogP contribution in [0.25, 0.3) is 0 Å². The summed E-state index contributed by atoms with van der Waals surface area (Å²) < 4.78 is 22.3. The molecule has 0 aromatic heterocycles. The van der Waals surface area contributed by atoms with Gasteiger partial charge in [0.05, 0.1) is 11.5 Å². The molecule has 0 aliphatic rings. The summed E-state index contributed by atoms with van der Waals surface area (Å²) in [6.45, 7) is 4.00. The molecule has 0 aromatic rings. The van der Waals surface area contributed by atoms with E-state index in [4.69, 9.17) is 0 Å². The molecule has 0 unspecified atom stereocenters. The monoisotopic (exact) mass is 191 g/mol. The molecule has 12 heavy (non-hydrogen) atoms. The van der Waals surface area contributed by atoms with Crippen molar-refractivity contribution in [3.63, 3.8) is 0 Å². The maximum absolute atomic E-state index is 11.1. The fourth-order valence-corrected chi connectivity index (χ4v) is 2.29. The fourth-order valence-electron chi connectivity index (χ4n) is 1.03. The number of unbranched alkanes of at least 4 members (excludes halogenated alkanes) is 3. The highest BCUT2D eigenvalue weighted by Gasteiger charge is 2.08. The van der Waals surface area contributed by atoms with Gasteiger partial charge in [0.25, 0.3) is 0 Å². The zero-order chi connectivity index (χ0) is 9.45. The average Bonchev–Trinajstić information content (AvgIpc) is 1.98. The minimum absolute atomic E-state index is 0.305. The number of hydrogen-bond acceptors (Lipinski definition) is 2. The standard InChI is InChI=1S/C9H19O2S/c1-3-5-6-7-9-12(10,11)8-4-2/h9H,3-8H2,1-2H3. The molecule has 0 spiro atoms. The zero-order valence-corrected chi connectivity index (χ0v) is 8.86. The largest absolute Gasteiger partial charge is 0.229 e. The Morgan fingerprint density at radius 2 is 1.75 bits per heavy atom. The lowest BCUT2D eigenvalue weighted by Crippen LogP contribution is -2.05. The Kier molecular flexibility index (Phi) is 6.44. The molecule has 0 N–H and O–H groups in total. The molecule has 0 fully saturated rings. The van der Waals surface area contributed by atoms with Gasteiger partial charge in [-0.1, -0.05) is 33.1 Å². The van der Waals surface area contributed by atoms with Crippen molar-refractivity contribution in [3.8, 4) is 0 Å². The summed E-state index contributed by atoms with van der Waals surface area (Å²) in [5.41, 5.74) is 0. The lowest BCUT2D eigenvalue weighted by atomic mass is 10.2. The average molecular weight is 191 g/mol. The maximum Gasteiger partial charge on any atom is 0.154 e. The molecule has 3 heteroatoms. The van der Waals surface area contributed by atoms with Crippen LogP contribution in [0.5, 0.6) is 0 Å². The minimum Gasteiger partial charge on any atom is -0.229 e. The molecule has 0 amide bonds. The van der Waals surface area contributed by atoms with Crippen LogP contribution in [-0.2, 0) is 9.84 Å². The maximum atomic E-state index is 11.1. The summed E-state index contributed by atoms with van der Waals surface area (Å²) in [6, 6.07) is 0. The molecule has 0 bridgehead atoms. The predicted octanol–water partition coefficient (Wildman–Crippen LogP) is 2.55. The van der Waals surface area contributed by atoms with Crippen LogP contribution >= 0.6 is 0 Å². The summed E-state index contributed by atoms with van der Waals surface area (Å²) >= 11 is 0. The Morgan fingerprint density at radius 1 is 1.08 bits per heavy atom. The fraction of sp³-hybridized carbons (Fsp3) is 0.889. The lowest BCUT2D eigenvalue weighted by molar-refractivity contribution is 0.595. The molecule has 0 aliphatic carbocycles. The first kappa shape index (κ1) is 11.9. The molecule has 0 aliphatic heterocycles. The molecule has 1 radical (unpaired) electrons. The zero-order valence-electron chi connectivity index (χ0n) is 8.04. The Bertz CT molecular complexity index is 183. The van der Waals surface area contributed by atoms with Crippen molar-refractivity contribution in [3.05, 3.63) is 5.75 Å². The molecule has 2 nitrogen and oxygen atoms in total. The van der Waals surface area contributed by atoms with Gasteiger partial charge in [-0.25, -0.2) is 8.42 Å². The van der Waals surface area contributed by atoms with Gasteiger partial charge in [-0.2, -0.15) is 0 Å². The van der Waals surface area contributed by atoms with Crippen LogP contribution in [0.15, 0.2) is 0 Å². The first-order valence-corrected chi connectivity index (χ1v) is 6.40. The van der Waals surface area contributed by atoms with Crippen molar-refractivity contribution in [2.24, 2.45) is 0 Å². The quantitative estimate of drug-likeness (QED) is 0.579. The molecule has 0 atom stereocenters. The van der Waals surface area contributed by atoms with Crippen molar-refractivity contribution < 1.29 is 8.42 Å². The summed E-state index contributed by atoms with van der Waals surface area (Å²) in [4.78, 5) is 0. The first-order valence-electron chi connectivity index (χ1n) is 4.68. The van der Waals surface area contributed by atoms with Crippen LogP contribution in [0, 0.1) is 5.75 Å². The van der Waals surface area contributed by atoms with Gasteiger partial charge >= 0.3 is 0 Å². The second-order valence-corrected chi connectivity index (χ2v) is 5.10. The third-order valence-electron chi connectivity index (χ3n) is 1.67. The van der Waals surface area contributed by atoms with Gasteiger partial charge in [0.2, 0.25) is 0 Å². The van der Waals surface area contributed by atoms with E-state index in [0.29, 0.717) is 12.2 Å². The molecule has 73 valence electrons. The molecule has 0 saturated carbocycles. The molecule has 0 rings (SSSR count). The summed E-state index contributed by atoms with van der Waals surface area (Å²) in [6.07, 6.45) is 4.70. The van der Waals surface area contributed by atoms with E-state index in [-0.39, 0.29) is 0 Å². The summed E-state index contributed by atoms with van der Waals surface area (Å²) in [7, 11) is -2.84. The highest BCUT2D eigenvalue weighted by molar-refractivity contribution is 7.93.